The number of primary amides is 1. The van der Waals surface area contributed by atoms with Crippen LogP contribution in [0.5, 0.6) is 5.75 Å². The second-order valence-corrected chi connectivity index (χ2v) is 5.07. The smallest absolute Gasteiger partial charge is 0.312 e. The molecule has 0 aliphatic rings. The van der Waals surface area contributed by atoms with Crippen LogP contribution in [0.1, 0.15) is 30.1 Å². The molecule has 126 valence electrons. The van der Waals surface area contributed by atoms with E-state index < -0.39 is 17.9 Å². The van der Waals surface area contributed by atoms with Crippen molar-refractivity contribution in [2.45, 2.75) is 19.8 Å². The Morgan fingerprint density at radius 3 is 2.43 bits per heavy atom. The average Bonchev–Trinajstić information content (AvgIpc) is 2.53. The van der Waals surface area contributed by atoms with Crippen molar-refractivity contribution in [3.8, 4) is 5.75 Å². The van der Waals surface area contributed by atoms with Crippen LogP contribution < -0.4 is 15.8 Å². The molecular formula is C16H22N2O5. The molecule has 0 radical (unpaired) electrons. The van der Waals surface area contributed by atoms with Gasteiger partial charge in [-0.25, -0.2) is 4.79 Å². The first-order valence-corrected chi connectivity index (χ1v) is 7.31. The fraction of sp³-hybridized carbons (Fsp3) is 0.438. The van der Waals surface area contributed by atoms with E-state index in [1.165, 1.54) is 0 Å². The number of carbonyl (C=O) groups is 3. The lowest BCUT2D eigenvalue weighted by Gasteiger charge is -2.11. The Labute approximate surface area is 135 Å². The van der Waals surface area contributed by atoms with Gasteiger partial charge in [0.25, 0.3) is 0 Å². The van der Waals surface area contributed by atoms with Gasteiger partial charge >= 0.3 is 12.0 Å². The van der Waals surface area contributed by atoms with E-state index in [1.807, 2.05) is 0 Å². The number of methoxy groups -OCH3 is 1. The number of amides is 2. The van der Waals surface area contributed by atoms with Gasteiger partial charge in [-0.15, -0.1) is 0 Å². The maximum Gasteiger partial charge on any atom is 0.312 e. The van der Waals surface area contributed by atoms with Gasteiger partial charge in [0.15, 0.2) is 5.78 Å². The summed E-state index contributed by atoms with van der Waals surface area (Å²) >= 11 is 0. The van der Waals surface area contributed by atoms with Crippen LogP contribution >= 0.6 is 0 Å². The highest BCUT2D eigenvalue weighted by molar-refractivity contribution is 5.98. The van der Waals surface area contributed by atoms with Crippen LogP contribution in [-0.2, 0) is 9.53 Å². The van der Waals surface area contributed by atoms with Gasteiger partial charge in [0.2, 0.25) is 0 Å². The minimum absolute atomic E-state index is 0.0741. The zero-order valence-electron chi connectivity index (χ0n) is 13.3. The standard InChI is InChI=1S/C16H22N2O5/c1-11(15(20)23-9-3-8-18-16(17)21)10-14(19)12-4-6-13(22-2)7-5-12/h4-7,11H,3,8-10H2,1-2H3,(H3,17,18,21)/t11-/m0/s1. The average molecular weight is 322 g/mol. The van der Waals surface area contributed by atoms with Crippen LogP contribution in [0.2, 0.25) is 0 Å². The number of esters is 1. The lowest BCUT2D eigenvalue weighted by molar-refractivity contribution is -0.147. The summed E-state index contributed by atoms with van der Waals surface area (Å²) in [6.07, 6.45) is 0.540. The largest absolute Gasteiger partial charge is 0.497 e. The topological polar surface area (TPSA) is 108 Å². The van der Waals surface area contributed by atoms with E-state index >= 15 is 0 Å². The van der Waals surface area contributed by atoms with E-state index in [1.54, 1.807) is 38.3 Å². The summed E-state index contributed by atoms with van der Waals surface area (Å²) in [5.74, 6) is -0.439. The molecule has 0 unspecified atom stereocenters. The van der Waals surface area contributed by atoms with Gasteiger partial charge in [0, 0.05) is 18.5 Å². The molecule has 0 saturated carbocycles. The fourth-order valence-electron chi connectivity index (χ4n) is 1.85. The summed E-state index contributed by atoms with van der Waals surface area (Å²) in [4.78, 5) is 34.4. The molecule has 0 spiro atoms. The third-order valence-electron chi connectivity index (χ3n) is 3.17. The fourth-order valence-corrected chi connectivity index (χ4v) is 1.85. The molecule has 0 bridgehead atoms. The maximum atomic E-state index is 12.1. The molecule has 23 heavy (non-hydrogen) atoms. The maximum absolute atomic E-state index is 12.1. The van der Waals surface area contributed by atoms with Crippen LogP contribution in [0.15, 0.2) is 24.3 Å². The molecule has 0 heterocycles. The molecule has 1 aromatic rings. The highest BCUT2D eigenvalue weighted by atomic mass is 16.5. The van der Waals surface area contributed by atoms with E-state index in [0.29, 0.717) is 24.3 Å². The minimum atomic E-state index is -0.616. The summed E-state index contributed by atoms with van der Waals surface area (Å²) in [5.41, 5.74) is 5.43. The van der Waals surface area contributed by atoms with Crippen LogP contribution in [0.25, 0.3) is 0 Å². The Hall–Kier alpha value is -2.57. The molecule has 0 aliphatic carbocycles. The van der Waals surface area contributed by atoms with Crippen molar-refractivity contribution in [1.29, 1.82) is 0 Å². The Morgan fingerprint density at radius 2 is 1.87 bits per heavy atom. The molecular weight excluding hydrogens is 300 g/mol. The summed E-state index contributed by atoms with van der Waals surface area (Å²) in [6, 6.07) is 6.10. The van der Waals surface area contributed by atoms with Gasteiger partial charge in [-0.1, -0.05) is 6.92 Å². The van der Waals surface area contributed by atoms with Gasteiger partial charge in [-0.2, -0.15) is 0 Å². The number of hydrogen-bond donors (Lipinski definition) is 2. The number of ketones is 1. The van der Waals surface area contributed by atoms with E-state index in [2.05, 4.69) is 5.32 Å². The summed E-state index contributed by atoms with van der Waals surface area (Å²) in [6.45, 7) is 2.15. The highest BCUT2D eigenvalue weighted by Gasteiger charge is 2.19. The molecule has 0 saturated heterocycles. The molecule has 1 atom stereocenters. The van der Waals surface area contributed by atoms with Crippen molar-refractivity contribution < 1.29 is 23.9 Å². The summed E-state index contributed by atoms with van der Waals surface area (Å²) < 4.78 is 10.1. The summed E-state index contributed by atoms with van der Waals surface area (Å²) in [5, 5.41) is 2.39. The Bertz CT molecular complexity index is 542. The van der Waals surface area contributed by atoms with Crippen LogP contribution in [-0.4, -0.2) is 38.0 Å². The quantitative estimate of drug-likeness (QED) is 0.407. The van der Waals surface area contributed by atoms with Crippen LogP contribution in [0.4, 0.5) is 4.79 Å². The number of benzene rings is 1. The van der Waals surface area contributed by atoms with Crippen LogP contribution in [0, 0.1) is 5.92 Å². The lowest BCUT2D eigenvalue weighted by Crippen LogP contribution is -2.30. The summed E-state index contributed by atoms with van der Waals surface area (Å²) in [7, 11) is 1.55. The molecule has 1 rings (SSSR count). The van der Waals surface area contributed by atoms with Crippen molar-refractivity contribution in [2.75, 3.05) is 20.3 Å². The minimum Gasteiger partial charge on any atom is -0.497 e. The van der Waals surface area contributed by atoms with E-state index in [9.17, 15) is 14.4 Å². The number of rotatable bonds is 9. The predicted molar refractivity (Wildman–Crippen MR) is 84.3 cm³/mol. The number of nitrogens with one attached hydrogen (secondary N) is 1. The van der Waals surface area contributed by atoms with Gasteiger partial charge in [-0.05, 0) is 30.7 Å². The molecule has 7 nitrogen and oxygen atoms in total. The number of nitrogens with two attached hydrogens (primary N) is 1. The molecule has 0 fully saturated rings. The number of hydrogen-bond acceptors (Lipinski definition) is 5. The van der Waals surface area contributed by atoms with Crippen molar-refractivity contribution in [1.82, 2.24) is 5.32 Å². The van der Waals surface area contributed by atoms with Gasteiger partial charge in [0.1, 0.15) is 5.75 Å². The predicted octanol–water partition coefficient (Wildman–Crippen LogP) is 1.51. The van der Waals surface area contributed by atoms with Crippen molar-refractivity contribution in [2.24, 2.45) is 11.7 Å². The monoisotopic (exact) mass is 322 g/mol. The molecule has 3 N–H and O–H groups in total. The molecule has 0 aromatic heterocycles. The van der Waals surface area contributed by atoms with Gasteiger partial charge < -0.3 is 20.5 Å². The second-order valence-electron chi connectivity index (χ2n) is 5.07. The van der Waals surface area contributed by atoms with E-state index in [0.717, 1.165) is 0 Å². The zero-order chi connectivity index (χ0) is 17.2. The first-order chi connectivity index (χ1) is 10.9. The second kappa shape index (κ2) is 9.45. The van der Waals surface area contributed by atoms with Gasteiger partial charge in [-0.3, -0.25) is 9.59 Å². The van der Waals surface area contributed by atoms with Crippen molar-refractivity contribution in [3.05, 3.63) is 29.8 Å². The number of carbonyl (C=O) groups excluding carboxylic acids is 3. The Kier molecular flexibility index (Phi) is 7.59. The third-order valence-corrected chi connectivity index (χ3v) is 3.17. The van der Waals surface area contributed by atoms with Crippen molar-refractivity contribution in [3.63, 3.8) is 0 Å². The van der Waals surface area contributed by atoms with Crippen molar-refractivity contribution >= 4 is 17.8 Å². The van der Waals surface area contributed by atoms with E-state index in [4.69, 9.17) is 15.2 Å². The van der Waals surface area contributed by atoms with Crippen LogP contribution in [0.3, 0.4) is 0 Å². The number of urea groups is 1. The molecule has 7 heteroatoms. The number of Topliss-reactive ketones (excluding diaryl/α,β-unsaturated/α-hetero) is 1. The molecule has 1 aromatic carbocycles. The lowest BCUT2D eigenvalue weighted by atomic mass is 10.00. The Balaban J connectivity index is 2.35. The first-order valence-electron chi connectivity index (χ1n) is 7.31. The Morgan fingerprint density at radius 1 is 1.22 bits per heavy atom. The highest BCUT2D eigenvalue weighted by Crippen LogP contribution is 2.15. The first kappa shape index (κ1) is 18.5. The zero-order valence-corrected chi connectivity index (χ0v) is 13.3. The normalized spacial score (nSPS) is 11.4. The molecule has 2 amide bonds. The number of ether oxygens (including phenoxy) is 2. The third kappa shape index (κ3) is 6.82. The van der Waals surface area contributed by atoms with Gasteiger partial charge in [0.05, 0.1) is 19.6 Å². The SMILES string of the molecule is COc1ccc(C(=O)C[C@H](C)C(=O)OCCCNC(N)=O)cc1. The van der Waals surface area contributed by atoms with E-state index in [-0.39, 0.29) is 18.8 Å². The molecule has 0 aliphatic heterocycles.